The van der Waals surface area contributed by atoms with Crippen LogP contribution in [0.1, 0.15) is 27.2 Å². The standard InChI is InChI=1S/C23H23N9OS/c1-13-16(21-27-12-32(3)31-21)6-14-7-18(13)29-19-8-20(26-9-17(19)22(33)24-2)30-23-25-5-4-15(28-23)11-34-10-14/h4-9,12,29H,10-11H2,1-3H3,(H,24,33)(H,25,26,28,30). The molecule has 0 unspecified atom stereocenters. The summed E-state index contributed by atoms with van der Waals surface area (Å²) in [4.78, 5) is 30.3. The molecule has 4 heterocycles. The van der Waals surface area contributed by atoms with Crippen LogP contribution in [-0.4, -0.2) is 42.7 Å². The third-order valence-electron chi connectivity index (χ3n) is 5.42. The number of pyridine rings is 1. The highest BCUT2D eigenvalue weighted by Gasteiger charge is 2.18. The number of carbonyl (C=O) groups is 1. The first-order valence-corrected chi connectivity index (χ1v) is 11.8. The van der Waals surface area contributed by atoms with Crippen molar-refractivity contribution in [2.24, 2.45) is 7.05 Å². The average Bonchev–Trinajstić information content (AvgIpc) is 3.26. The smallest absolute Gasteiger partial charge is 0.254 e. The molecule has 34 heavy (non-hydrogen) atoms. The van der Waals surface area contributed by atoms with Gasteiger partial charge in [-0.1, -0.05) is 0 Å². The van der Waals surface area contributed by atoms with Crippen LogP contribution in [-0.2, 0) is 18.6 Å². The number of hydrogen-bond acceptors (Lipinski definition) is 9. The molecule has 0 saturated heterocycles. The van der Waals surface area contributed by atoms with Gasteiger partial charge in [-0.15, -0.1) is 0 Å². The molecule has 1 aliphatic heterocycles. The molecule has 0 saturated carbocycles. The first kappa shape index (κ1) is 21.8. The van der Waals surface area contributed by atoms with Crippen molar-refractivity contribution in [3.63, 3.8) is 0 Å². The Bertz CT molecular complexity index is 1380. The van der Waals surface area contributed by atoms with E-state index in [0.717, 1.165) is 39.6 Å². The number of fused-ring (bicyclic) bond motifs is 6. The summed E-state index contributed by atoms with van der Waals surface area (Å²) in [6, 6.07) is 7.92. The molecule has 5 rings (SSSR count). The van der Waals surface area contributed by atoms with Crippen LogP contribution < -0.4 is 16.0 Å². The maximum Gasteiger partial charge on any atom is 0.254 e. The number of aryl methyl sites for hydroxylation is 1. The van der Waals surface area contributed by atoms with Gasteiger partial charge < -0.3 is 16.0 Å². The number of hydrogen-bond donors (Lipinski definition) is 3. The first-order chi connectivity index (χ1) is 16.5. The predicted molar refractivity (Wildman–Crippen MR) is 132 cm³/mol. The van der Waals surface area contributed by atoms with E-state index in [4.69, 9.17) is 0 Å². The monoisotopic (exact) mass is 473 g/mol. The summed E-state index contributed by atoms with van der Waals surface area (Å²) in [5.74, 6) is 2.90. The number of amides is 1. The summed E-state index contributed by atoms with van der Waals surface area (Å²) in [6.07, 6.45) is 4.95. The second kappa shape index (κ2) is 9.10. The quantitative estimate of drug-likeness (QED) is 0.401. The molecule has 3 N–H and O–H groups in total. The van der Waals surface area contributed by atoms with Crippen LogP contribution in [0.5, 0.6) is 0 Å². The fourth-order valence-electron chi connectivity index (χ4n) is 3.69. The maximum atomic E-state index is 12.6. The van der Waals surface area contributed by atoms with Gasteiger partial charge in [0.15, 0.2) is 5.82 Å². The number of aromatic nitrogens is 6. The Morgan fingerprint density at radius 1 is 1.12 bits per heavy atom. The van der Waals surface area contributed by atoms with E-state index in [1.54, 1.807) is 42.1 Å². The van der Waals surface area contributed by atoms with Gasteiger partial charge in [0.05, 0.1) is 16.9 Å². The summed E-state index contributed by atoms with van der Waals surface area (Å²) in [6.45, 7) is 2.02. The highest BCUT2D eigenvalue weighted by Crippen LogP contribution is 2.34. The van der Waals surface area contributed by atoms with E-state index < -0.39 is 0 Å². The molecule has 3 aromatic heterocycles. The normalized spacial score (nSPS) is 12.8. The molecule has 172 valence electrons. The first-order valence-electron chi connectivity index (χ1n) is 10.7. The van der Waals surface area contributed by atoms with Crippen molar-refractivity contribution in [1.29, 1.82) is 0 Å². The van der Waals surface area contributed by atoms with Gasteiger partial charge in [-0.2, -0.15) is 16.9 Å². The number of nitrogens with zero attached hydrogens (tertiary/aromatic N) is 6. The van der Waals surface area contributed by atoms with E-state index in [2.05, 4.69) is 53.1 Å². The van der Waals surface area contributed by atoms with E-state index in [1.165, 1.54) is 6.20 Å². The van der Waals surface area contributed by atoms with Gasteiger partial charge in [0, 0.05) is 55.3 Å². The molecule has 10 nitrogen and oxygen atoms in total. The van der Waals surface area contributed by atoms with Gasteiger partial charge in [-0.3, -0.25) is 9.48 Å². The SMILES string of the molecule is CNC(=O)c1cnc2cc1Nc1cc(cc(-c3ncn(C)n3)c1C)CSCc1ccnc(n1)N2. The third kappa shape index (κ3) is 4.42. The van der Waals surface area contributed by atoms with E-state index in [0.29, 0.717) is 28.8 Å². The third-order valence-corrected chi connectivity index (χ3v) is 6.46. The van der Waals surface area contributed by atoms with Crippen LogP contribution in [0, 0.1) is 6.92 Å². The molecule has 6 bridgehead atoms. The van der Waals surface area contributed by atoms with Gasteiger partial charge in [0.25, 0.3) is 5.91 Å². The van der Waals surface area contributed by atoms with Crippen LogP contribution >= 0.6 is 11.8 Å². The van der Waals surface area contributed by atoms with Crippen LogP contribution in [0.15, 0.2) is 43.0 Å². The Balaban J connectivity index is 1.67. The van der Waals surface area contributed by atoms with Crippen molar-refractivity contribution < 1.29 is 4.79 Å². The second-order valence-corrected chi connectivity index (χ2v) is 8.85. The zero-order valence-electron chi connectivity index (χ0n) is 19.0. The van der Waals surface area contributed by atoms with Gasteiger partial charge in [0.1, 0.15) is 12.1 Å². The van der Waals surface area contributed by atoms with Crippen LogP contribution in [0.4, 0.5) is 23.1 Å². The van der Waals surface area contributed by atoms with Gasteiger partial charge in [0.2, 0.25) is 5.95 Å². The number of anilines is 4. The Morgan fingerprint density at radius 3 is 2.79 bits per heavy atom. The fourth-order valence-corrected chi connectivity index (χ4v) is 4.57. The number of thioether (sulfide) groups is 1. The largest absolute Gasteiger partial charge is 0.355 e. The minimum absolute atomic E-state index is 0.239. The van der Waals surface area contributed by atoms with E-state index in [1.807, 2.05) is 20.0 Å². The number of benzene rings is 1. The molecule has 0 radical (unpaired) electrons. The molecular formula is C23H23N9OS. The molecule has 0 atom stereocenters. The summed E-state index contributed by atoms with van der Waals surface area (Å²) < 4.78 is 1.69. The topological polar surface area (TPSA) is 123 Å². The van der Waals surface area contributed by atoms with Crippen molar-refractivity contribution in [2.45, 2.75) is 18.4 Å². The zero-order chi connectivity index (χ0) is 23.7. The highest BCUT2D eigenvalue weighted by molar-refractivity contribution is 7.97. The Labute approximate surface area is 200 Å². The maximum absolute atomic E-state index is 12.6. The second-order valence-electron chi connectivity index (χ2n) is 7.87. The molecular weight excluding hydrogens is 450 g/mol. The summed E-state index contributed by atoms with van der Waals surface area (Å²) in [7, 11) is 3.44. The van der Waals surface area contributed by atoms with Crippen LogP contribution in [0.3, 0.4) is 0 Å². The Morgan fingerprint density at radius 2 is 2.00 bits per heavy atom. The lowest BCUT2D eigenvalue weighted by Crippen LogP contribution is -2.20. The van der Waals surface area contributed by atoms with Crippen molar-refractivity contribution in [3.05, 3.63) is 65.4 Å². The lowest BCUT2D eigenvalue weighted by atomic mass is 10.0. The van der Waals surface area contributed by atoms with Crippen molar-refractivity contribution in [1.82, 2.24) is 35.0 Å². The minimum atomic E-state index is -0.239. The molecule has 1 aromatic carbocycles. The summed E-state index contributed by atoms with van der Waals surface area (Å²) in [5.41, 5.74) is 5.85. The van der Waals surface area contributed by atoms with Crippen molar-refractivity contribution >= 4 is 40.8 Å². The minimum Gasteiger partial charge on any atom is -0.355 e. The van der Waals surface area contributed by atoms with Crippen LogP contribution in [0.25, 0.3) is 11.4 Å². The summed E-state index contributed by atoms with van der Waals surface area (Å²) >= 11 is 1.76. The van der Waals surface area contributed by atoms with E-state index >= 15 is 0 Å². The van der Waals surface area contributed by atoms with Gasteiger partial charge in [-0.05, 0) is 36.2 Å². The van der Waals surface area contributed by atoms with Gasteiger partial charge >= 0.3 is 0 Å². The average molecular weight is 474 g/mol. The summed E-state index contributed by atoms with van der Waals surface area (Å²) in [5, 5.41) is 13.8. The molecule has 0 aliphatic carbocycles. The van der Waals surface area contributed by atoms with Crippen molar-refractivity contribution in [3.8, 4) is 11.4 Å². The fraction of sp³-hybridized carbons (Fsp3) is 0.217. The zero-order valence-corrected chi connectivity index (χ0v) is 19.8. The number of carbonyl (C=O) groups excluding carboxylic acids is 1. The Hall–Kier alpha value is -3.99. The Kier molecular flexibility index (Phi) is 5.84. The molecule has 0 spiro atoms. The molecule has 4 aromatic rings. The molecule has 1 amide bonds. The lowest BCUT2D eigenvalue weighted by Gasteiger charge is -2.18. The van der Waals surface area contributed by atoms with Gasteiger partial charge in [-0.25, -0.2) is 19.9 Å². The number of nitrogens with one attached hydrogen (secondary N) is 3. The molecule has 0 fully saturated rings. The number of rotatable bonds is 2. The van der Waals surface area contributed by atoms with Crippen molar-refractivity contribution in [2.75, 3.05) is 17.7 Å². The molecule has 11 heteroatoms. The highest BCUT2D eigenvalue weighted by atomic mass is 32.2. The van der Waals surface area contributed by atoms with E-state index in [9.17, 15) is 4.79 Å². The predicted octanol–water partition coefficient (Wildman–Crippen LogP) is 3.57. The lowest BCUT2D eigenvalue weighted by molar-refractivity contribution is 0.0963. The molecule has 1 aliphatic rings. The van der Waals surface area contributed by atoms with E-state index in [-0.39, 0.29) is 5.91 Å². The van der Waals surface area contributed by atoms with Crippen LogP contribution in [0.2, 0.25) is 0 Å².